The minimum atomic E-state index is -1.12. The summed E-state index contributed by atoms with van der Waals surface area (Å²) in [5.41, 5.74) is 1.69. The number of amides is 1. The zero-order chi connectivity index (χ0) is 15.4. The molecule has 0 heterocycles. The molecule has 21 heavy (non-hydrogen) atoms. The second kappa shape index (κ2) is 6.41. The molecule has 0 fully saturated rings. The number of halogens is 1. The molecule has 2 N–H and O–H groups in total. The van der Waals surface area contributed by atoms with Crippen molar-refractivity contribution in [3.8, 4) is 0 Å². The highest BCUT2D eigenvalue weighted by atomic mass is 35.5. The molecule has 0 radical (unpaired) electrons. The summed E-state index contributed by atoms with van der Waals surface area (Å²) in [5.74, 6) is -1.60. The number of aliphatic carboxylic acids is 1. The Kier molecular flexibility index (Phi) is 4.60. The number of carboxylic acid groups (broad SMARTS) is 1. The summed E-state index contributed by atoms with van der Waals surface area (Å²) in [7, 11) is 0. The van der Waals surface area contributed by atoms with Crippen molar-refractivity contribution >= 4 is 23.5 Å². The zero-order valence-corrected chi connectivity index (χ0v) is 12.1. The topological polar surface area (TPSA) is 66.4 Å². The van der Waals surface area contributed by atoms with E-state index in [0.29, 0.717) is 16.1 Å². The molecule has 0 aliphatic carbocycles. The standard InChI is InChI=1S/C16H14ClNO3/c1-10-7-8-12(9-13(10)17)15(19)18-14(16(20)21)11-5-3-2-4-6-11/h2-9,14H,1H3,(H,18,19)(H,20,21)/t14-/m0/s1. The Hall–Kier alpha value is -2.33. The van der Waals surface area contributed by atoms with Gasteiger partial charge in [0.1, 0.15) is 0 Å². The molecule has 0 aromatic heterocycles. The van der Waals surface area contributed by atoms with E-state index in [9.17, 15) is 14.7 Å². The molecule has 0 saturated carbocycles. The maximum absolute atomic E-state index is 12.2. The number of hydrogen-bond acceptors (Lipinski definition) is 2. The van der Waals surface area contributed by atoms with Crippen molar-refractivity contribution in [1.82, 2.24) is 5.32 Å². The summed E-state index contributed by atoms with van der Waals surface area (Å²) >= 11 is 5.98. The highest BCUT2D eigenvalue weighted by molar-refractivity contribution is 6.31. The highest BCUT2D eigenvalue weighted by Gasteiger charge is 2.22. The minimum Gasteiger partial charge on any atom is -0.479 e. The first-order chi connectivity index (χ1) is 9.99. The van der Waals surface area contributed by atoms with Gasteiger partial charge in [-0.1, -0.05) is 48.0 Å². The van der Waals surface area contributed by atoms with Crippen molar-refractivity contribution in [2.45, 2.75) is 13.0 Å². The Morgan fingerprint density at radius 1 is 1.14 bits per heavy atom. The van der Waals surface area contributed by atoms with Gasteiger partial charge < -0.3 is 10.4 Å². The molecular weight excluding hydrogens is 290 g/mol. The summed E-state index contributed by atoms with van der Waals surface area (Å²) in [4.78, 5) is 23.5. The van der Waals surface area contributed by atoms with E-state index in [2.05, 4.69) is 5.32 Å². The van der Waals surface area contributed by atoms with E-state index in [1.807, 2.05) is 6.92 Å². The monoisotopic (exact) mass is 303 g/mol. The van der Waals surface area contributed by atoms with Crippen LogP contribution < -0.4 is 5.32 Å². The molecule has 108 valence electrons. The molecule has 4 nitrogen and oxygen atoms in total. The molecule has 0 aliphatic heterocycles. The third-order valence-corrected chi connectivity index (χ3v) is 3.50. The average Bonchev–Trinajstić information content (AvgIpc) is 2.48. The van der Waals surface area contributed by atoms with Crippen LogP contribution in [0.2, 0.25) is 5.02 Å². The summed E-state index contributed by atoms with van der Waals surface area (Å²) in [6, 6.07) is 12.3. The van der Waals surface area contributed by atoms with Crippen LogP contribution in [0.5, 0.6) is 0 Å². The number of rotatable bonds is 4. The van der Waals surface area contributed by atoms with E-state index in [-0.39, 0.29) is 0 Å². The molecular formula is C16H14ClNO3. The molecule has 2 rings (SSSR count). The van der Waals surface area contributed by atoms with Crippen LogP contribution in [0.15, 0.2) is 48.5 Å². The molecule has 1 atom stereocenters. The van der Waals surface area contributed by atoms with Crippen LogP contribution in [0, 0.1) is 6.92 Å². The summed E-state index contributed by atoms with van der Waals surface area (Å²) in [6.45, 7) is 1.83. The Morgan fingerprint density at radius 2 is 1.81 bits per heavy atom. The fourth-order valence-electron chi connectivity index (χ4n) is 1.88. The number of hydrogen-bond donors (Lipinski definition) is 2. The largest absolute Gasteiger partial charge is 0.479 e. The molecule has 2 aromatic carbocycles. The van der Waals surface area contributed by atoms with Crippen LogP contribution in [0.1, 0.15) is 27.5 Å². The molecule has 5 heteroatoms. The van der Waals surface area contributed by atoms with E-state index in [1.54, 1.807) is 42.5 Å². The van der Waals surface area contributed by atoms with Crippen molar-refractivity contribution in [2.24, 2.45) is 0 Å². The summed E-state index contributed by atoms with van der Waals surface area (Å²) in [6.07, 6.45) is 0. The number of aryl methyl sites for hydroxylation is 1. The Morgan fingerprint density at radius 3 is 2.38 bits per heavy atom. The smallest absolute Gasteiger partial charge is 0.330 e. The first kappa shape index (κ1) is 15.1. The van der Waals surface area contributed by atoms with Gasteiger partial charge in [-0.25, -0.2) is 4.79 Å². The lowest BCUT2D eigenvalue weighted by atomic mass is 10.1. The molecule has 1 amide bonds. The minimum absolute atomic E-state index is 0.327. The van der Waals surface area contributed by atoms with E-state index in [1.165, 1.54) is 6.07 Å². The summed E-state index contributed by atoms with van der Waals surface area (Å²) in [5, 5.41) is 12.2. The van der Waals surface area contributed by atoms with Gasteiger partial charge in [0.15, 0.2) is 6.04 Å². The average molecular weight is 304 g/mol. The number of benzene rings is 2. The van der Waals surface area contributed by atoms with E-state index < -0.39 is 17.9 Å². The molecule has 0 aliphatic rings. The highest BCUT2D eigenvalue weighted by Crippen LogP contribution is 2.18. The van der Waals surface area contributed by atoms with Crippen molar-refractivity contribution in [2.75, 3.05) is 0 Å². The first-order valence-corrected chi connectivity index (χ1v) is 6.71. The van der Waals surface area contributed by atoms with E-state index >= 15 is 0 Å². The quantitative estimate of drug-likeness (QED) is 0.911. The Balaban J connectivity index is 2.23. The molecule has 2 aromatic rings. The van der Waals surface area contributed by atoms with Gasteiger partial charge in [0.05, 0.1) is 0 Å². The van der Waals surface area contributed by atoms with Crippen LogP contribution in [0.3, 0.4) is 0 Å². The number of carbonyl (C=O) groups excluding carboxylic acids is 1. The maximum atomic E-state index is 12.2. The summed E-state index contributed by atoms with van der Waals surface area (Å²) < 4.78 is 0. The van der Waals surface area contributed by atoms with E-state index in [0.717, 1.165) is 5.56 Å². The molecule has 0 saturated heterocycles. The second-order valence-electron chi connectivity index (χ2n) is 4.62. The molecule has 0 spiro atoms. The lowest BCUT2D eigenvalue weighted by Gasteiger charge is -2.15. The van der Waals surface area contributed by atoms with Gasteiger partial charge in [0.2, 0.25) is 0 Å². The van der Waals surface area contributed by atoms with Crippen LogP contribution >= 0.6 is 11.6 Å². The maximum Gasteiger partial charge on any atom is 0.330 e. The SMILES string of the molecule is Cc1ccc(C(=O)N[C@H](C(=O)O)c2ccccc2)cc1Cl. The van der Waals surface area contributed by atoms with Gasteiger partial charge in [-0.2, -0.15) is 0 Å². The number of nitrogens with one attached hydrogen (secondary N) is 1. The Labute approximate surface area is 127 Å². The van der Waals surface area contributed by atoms with Crippen LogP contribution in [0.4, 0.5) is 0 Å². The van der Waals surface area contributed by atoms with Gasteiger partial charge in [0, 0.05) is 10.6 Å². The number of carboxylic acids is 1. The van der Waals surface area contributed by atoms with Gasteiger partial charge in [-0.05, 0) is 30.2 Å². The second-order valence-corrected chi connectivity index (χ2v) is 5.03. The zero-order valence-electron chi connectivity index (χ0n) is 11.3. The van der Waals surface area contributed by atoms with E-state index in [4.69, 9.17) is 11.6 Å². The number of carbonyl (C=O) groups is 2. The van der Waals surface area contributed by atoms with Gasteiger partial charge in [-0.15, -0.1) is 0 Å². The van der Waals surface area contributed by atoms with Crippen LogP contribution in [0.25, 0.3) is 0 Å². The lowest BCUT2D eigenvalue weighted by molar-refractivity contribution is -0.139. The third-order valence-electron chi connectivity index (χ3n) is 3.09. The normalized spacial score (nSPS) is 11.7. The predicted molar refractivity (Wildman–Crippen MR) is 80.5 cm³/mol. The van der Waals surface area contributed by atoms with Crippen LogP contribution in [-0.4, -0.2) is 17.0 Å². The van der Waals surface area contributed by atoms with Crippen LogP contribution in [-0.2, 0) is 4.79 Å². The Bertz CT molecular complexity index is 670. The molecule has 0 unspecified atom stereocenters. The van der Waals surface area contributed by atoms with Gasteiger partial charge in [-0.3, -0.25) is 4.79 Å². The third kappa shape index (κ3) is 3.61. The predicted octanol–water partition coefficient (Wildman–Crippen LogP) is 3.20. The van der Waals surface area contributed by atoms with Crippen molar-refractivity contribution < 1.29 is 14.7 Å². The first-order valence-electron chi connectivity index (χ1n) is 6.34. The van der Waals surface area contributed by atoms with Crippen molar-refractivity contribution in [3.63, 3.8) is 0 Å². The lowest BCUT2D eigenvalue weighted by Crippen LogP contribution is -2.33. The van der Waals surface area contributed by atoms with Gasteiger partial charge in [0.25, 0.3) is 5.91 Å². The fourth-order valence-corrected chi connectivity index (χ4v) is 2.06. The van der Waals surface area contributed by atoms with Gasteiger partial charge >= 0.3 is 5.97 Å². The van der Waals surface area contributed by atoms with Crippen molar-refractivity contribution in [1.29, 1.82) is 0 Å². The van der Waals surface area contributed by atoms with Crippen molar-refractivity contribution in [3.05, 3.63) is 70.2 Å². The fraction of sp³-hybridized carbons (Fsp3) is 0.125. The molecule has 0 bridgehead atoms.